The first kappa shape index (κ1) is 11.7. The fourth-order valence-electron chi connectivity index (χ4n) is 1.79. The number of aryl methyl sites for hydroxylation is 5. The summed E-state index contributed by atoms with van der Waals surface area (Å²) >= 11 is 0. The van der Waals surface area contributed by atoms with E-state index >= 15 is 0 Å². The van der Waals surface area contributed by atoms with Gasteiger partial charge in [-0.05, 0) is 45.7 Å². The van der Waals surface area contributed by atoms with Crippen LogP contribution in [0.1, 0.15) is 28.5 Å². The fourth-order valence-corrected chi connectivity index (χ4v) is 1.79. The largest absolute Gasteiger partial charge is 0.261 e. The molecule has 0 aliphatic rings. The number of aromatic nitrogens is 3. The van der Waals surface area contributed by atoms with E-state index < -0.39 is 0 Å². The van der Waals surface area contributed by atoms with Crippen molar-refractivity contribution in [2.75, 3.05) is 0 Å². The summed E-state index contributed by atoms with van der Waals surface area (Å²) in [7, 11) is 0. The molecule has 17 heavy (non-hydrogen) atoms. The van der Waals surface area contributed by atoms with E-state index in [1.807, 2.05) is 45.2 Å². The molecule has 0 fully saturated rings. The quantitative estimate of drug-likeness (QED) is 0.809. The maximum absolute atomic E-state index is 4.60. The highest BCUT2D eigenvalue weighted by Crippen LogP contribution is 2.09. The molecule has 0 aliphatic heterocycles. The third-order valence-corrected chi connectivity index (χ3v) is 2.92. The third-order valence-electron chi connectivity index (χ3n) is 2.92. The van der Waals surface area contributed by atoms with Crippen LogP contribution in [0.2, 0.25) is 0 Å². The van der Waals surface area contributed by atoms with Gasteiger partial charge in [0.1, 0.15) is 0 Å². The van der Waals surface area contributed by atoms with Gasteiger partial charge in [0.15, 0.2) is 0 Å². The van der Waals surface area contributed by atoms with Gasteiger partial charge in [-0.25, -0.2) is 0 Å². The molecule has 0 spiro atoms. The monoisotopic (exact) mass is 227 g/mol. The van der Waals surface area contributed by atoms with Gasteiger partial charge in [0.05, 0.1) is 22.8 Å². The first-order valence-corrected chi connectivity index (χ1v) is 5.87. The SMILES string of the molecule is Cc1nc(C)c(CCc2ccccn2)nc1C. The van der Waals surface area contributed by atoms with Gasteiger partial charge in [-0.3, -0.25) is 15.0 Å². The minimum Gasteiger partial charge on any atom is -0.261 e. The first-order valence-electron chi connectivity index (χ1n) is 5.87. The molecule has 0 saturated heterocycles. The van der Waals surface area contributed by atoms with Crippen LogP contribution >= 0.6 is 0 Å². The lowest BCUT2D eigenvalue weighted by Crippen LogP contribution is -2.04. The molecule has 3 heteroatoms. The smallest absolute Gasteiger partial charge is 0.0623 e. The van der Waals surface area contributed by atoms with E-state index in [2.05, 4.69) is 15.0 Å². The predicted octanol–water partition coefficient (Wildman–Crippen LogP) is 2.58. The van der Waals surface area contributed by atoms with Crippen molar-refractivity contribution in [3.05, 3.63) is 52.9 Å². The van der Waals surface area contributed by atoms with Crippen molar-refractivity contribution in [3.8, 4) is 0 Å². The highest BCUT2D eigenvalue weighted by molar-refractivity contribution is 5.19. The van der Waals surface area contributed by atoms with Crippen molar-refractivity contribution < 1.29 is 0 Å². The number of nitrogens with zero attached hydrogens (tertiary/aromatic N) is 3. The van der Waals surface area contributed by atoms with Crippen molar-refractivity contribution in [1.29, 1.82) is 0 Å². The maximum atomic E-state index is 4.60. The normalized spacial score (nSPS) is 10.5. The van der Waals surface area contributed by atoms with E-state index in [-0.39, 0.29) is 0 Å². The van der Waals surface area contributed by atoms with E-state index in [9.17, 15) is 0 Å². The third kappa shape index (κ3) is 2.87. The molecule has 0 unspecified atom stereocenters. The topological polar surface area (TPSA) is 38.7 Å². The second-order valence-electron chi connectivity index (χ2n) is 4.25. The Bertz CT molecular complexity index is 506. The molecule has 0 N–H and O–H groups in total. The molecule has 0 atom stereocenters. The molecule has 0 amide bonds. The Morgan fingerprint density at radius 3 is 2.35 bits per heavy atom. The first-order chi connectivity index (χ1) is 8.16. The van der Waals surface area contributed by atoms with Crippen LogP contribution in [0.4, 0.5) is 0 Å². The van der Waals surface area contributed by atoms with Crippen molar-refractivity contribution in [3.63, 3.8) is 0 Å². The lowest BCUT2D eigenvalue weighted by molar-refractivity contribution is 0.832. The molecular formula is C14H17N3. The Morgan fingerprint density at radius 2 is 1.65 bits per heavy atom. The van der Waals surface area contributed by atoms with Crippen molar-refractivity contribution >= 4 is 0 Å². The molecule has 88 valence electrons. The number of hydrogen-bond acceptors (Lipinski definition) is 3. The van der Waals surface area contributed by atoms with Gasteiger partial charge in [0.2, 0.25) is 0 Å². The van der Waals surface area contributed by atoms with Crippen LogP contribution in [0.3, 0.4) is 0 Å². The minimum atomic E-state index is 0.900. The molecule has 2 aromatic rings. The van der Waals surface area contributed by atoms with E-state index in [0.29, 0.717) is 0 Å². The van der Waals surface area contributed by atoms with Gasteiger partial charge in [-0.15, -0.1) is 0 Å². The summed E-state index contributed by atoms with van der Waals surface area (Å²) in [5.74, 6) is 0. The van der Waals surface area contributed by atoms with Crippen molar-refractivity contribution in [2.45, 2.75) is 33.6 Å². The van der Waals surface area contributed by atoms with Crippen molar-refractivity contribution in [1.82, 2.24) is 15.0 Å². The van der Waals surface area contributed by atoms with Crippen LogP contribution in [-0.2, 0) is 12.8 Å². The molecule has 0 bridgehead atoms. The van der Waals surface area contributed by atoms with Gasteiger partial charge < -0.3 is 0 Å². The fraction of sp³-hybridized carbons (Fsp3) is 0.357. The maximum Gasteiger partial charge on any atom is 0.0623 e. The number of rotatable bonds is 3. The van der Waals surface area contributed by atoms with E-state index in [0.717, 1.165) is 41.3 Å². The summed E-state index contributed by atoms with van der Waals surface area (Å²) < 4.78 is 0. The van der Waals surface area contributed by atoms with Crippen LogP contribution in [-0.4, -0.2) is 15.0 Å². The van der Waals surface area contributed by atoms with Crippen LogP contribution in [0.15, 0.2) is 24.4 Å². The Kier molecular flexibility index (Phi) is 3.47. The molecular weight excluding hydrogens is 210 g/mol. The molecule has 0 radical (unpaired) electrons. The molecule has 0 aliphatic carbocycles. The summed E-state index contributed by atoms with van der Waals surface area (Å²) in [5.41, 5.74) is 5.26. The lowest BCUT2D eigenvalue weighted by atomic mass is 10.1. The Balaban J connectivity index is 2.12. The Morgan fingerprint density at radius 1 is 0.882 bits per heavy atom. The summed E-state index contributed by atoms with van der Waals surface area (Å²) in [6.07, 6.45) is 3.64. The molecule has 0 saturated carbocycles. The van der Waals surface area contributed by atoms with Gasteiger partial charge in [0.25, 0.3) is 0 Å². The van der Waals surface area contributed by atoms with Gasteiger partial charge >= 0.3 is 0 Å². The zero-order chi connectivity index (χ0) is 12.3. The molecule has 3 nitrogen and oxygen atoms in total. The minimum absolute atomic E-state index is 0.900. The zero-order valence-corrected chi connectivity index (χ0v) is 10.6. The summed E-state index contributed by atoms with van der Waals surface area (Å²) in [5, 5.41) is 0. The van der Waals surface area contributed by atoms with E-state index in [1.54, 1.807) is 0 Å². The van der Waals surface area contributed by atoms with Crippen LogP contribution in [0, 0.1) is 20.8 Å². The van der Waals surface area contributed by atoms with Gasteiger partial charge in [-0.2, -0.15) is 0 Å². The average Bonchev–Trinajstić information content (AvgIpc) is 2.33. The lowest BCUT2D eigenvalue weighted by Gasteiger charge is -2.07. The average molecular weight is 227 g/mol. The second-order valence-corrected chi connectivity index (χ2v) is 4.25. The van der Waals surface area contributed by atoms with Crippen LogP contribution in [0.25, 0.3) is 0 Å². The Labute approximate surface area is 102 Å². The molecule has 2 aromatic heterocycles. The van der Waals surface area contributed by atoms with Crippen molar-refractivity contribution in [2.24, 2.45) is 0 Å². The van der Waals surface area contributed by atoms with Crippen LogP contribution in [0.5, 0.6) is 0 Å². The van der Waals surface area contributed by atoms with Gasteiger partial charge in [0, 0.05) is 11.9 Å². The van der Waals surface area contributed by atoms with E-state index in [1.165, 1.54) is 0 Å². The molecule has 2 heterocycles. The van der Waals surface area contributed by atoms with Gasteiger partial charge in [-0.1, -0.05) is 6.07 Å². The Hall–Kier alpha value is -1.77. The number of pyridine rings is 1. The summed E-state index contributed by atoms with van der Waals surface area (Å²) in [6.45, 7) is 6.02. The highest BCUT2D eigenvalue weighted by Gasteiger charge is 2.05. The molecule has 0 aromatic carbocycles. The summed E-state index contributed by atoms with van der Waals surface area (Å²) in [4.78, 5) is 13.4. The molecule has 2 rings (SSSR count). The van der Waals surface area contributed by atoms with E-state index in [4.69, 9.17) is 0 Å². The highest BCUT2D eigenvalue weighted by atomic mass is 14.8. The predicted molar refractivity (Wildman–Crippen MR) is 67.9 cm³/mol. The number of hydrogen-bond donors (Lipinski definition) is 0. The second kappa shape index (κ2) is 5.04. The zero-order valence-electron chi connectivity index (χ0n) is 10.6. The standard InChI is InChI=1S/C14H17N3/c1-10-11(2)17-14(12(3)16-10)8-7-13-6-4-5-9-15-13/h4-6,9H,7-8H2,1-3H3. The van der Waals surface area contributed by atoms with Crippen LogP contribution < -0.4 is 0 Å². The summed E-state index contributed by atoms with van der Waals surface area (Å²) in [6, 6.07) is 6.00.